The zero-order chi connectivity index (χ0) is 20.1. The number of para-hydroxylation sites is 1. The van der Waals surface area contributed by atoms with Crippen molar-refractivity contribution in [3.05, 3.63) is 71.5 Å². The van der Waals surface area contributed by atoms with E-state index in [0.29, 0.717) is 22.7 Å². The molecule has 3 aromatic rings. The number of amides is 2. The lowest BCUT2D eigenvalue weighted by Gasteiger charge is -2.09. The summed E-state index contributed by atoms with van der Waals surface area (Å²) in [5.74, 6) is 0.559. The van der Waals surface area contributed by atoms with E-state index < -0.39 is 0 Å². The number of nitrogens with zero attached hydrogens (tertiary/aromatic N) is 2. The maximum absolute atomic E-state index is 12.4. The van der Waals surface area contributed by atoms with Crippen molar-refractivity contribution in [3.8, 4) is 11.5 Å². The van der Waals surface area contributed by atoms with Crippen molar-refractivity contribution >= 4 is 17.5 Å². The molecule has 1 heterocycles. The van der Waals surface area contributed by atoms with E-state index in [1.165, 1.54) is 0 Å². The quantitative estimate of drug-likeness (QED) is 0.690. The Hall–Kier alpha value is -3.61. The number of benzene rings is 2. The van der Waals surface area contributed by atoms with Crippen LogP contribution < -0.4 is 15.4 Å². The number of aryl methyl sites for hydroxylation is 2. The third-order valence-corrected chi connectivity index (χ3v) is 4.26. The summed E-state index contributed by atoms with van der Waals surface area (Å²) in [6.07, 6.45) is 0. The second-order valence-corrected chi connectivity index (χ2v) is 6.34. The average Bonchev–Trinajstić information content (AvgIpc) is 2.93. The number of anilines is 1. The van der Waals surface area contributed by atoms with Crippen LogP contribution in [0.25, 0.3) is 0 Å². The molecule has 2 aromatic carbocycles. The maximum Gasteiger partial charge on any atom is 0.251 e. The van der Waals surface area contributed by atoms with Crippen LogP contribution in [-0.4, -0.2) is 28.1 Å². The molecule has 0 unspecified atom stereocenters. The minimum absolute atomic E-state index is 0.142. The predicted octanol–water partition coefficient (Wildman–Crippen LogP) is 3.20. The van der Waals surface area contributed by atoms with Crippen molar-refractivity contribution in [1.29, 1.82) is 0 Å². The fourth-order valence-electron chi connectivity index (χ4n) is 2.73. The molecule has 0 bridgehead atoms. The van der Waals surface area contributed by atoms with Crippen LogP contribution >= 0.6 is 0 Å². The highest BCUT2D eigenvalue weighted by atomic mass is 16.5. The van der Waals surface area contributed by atoms with Gasteiger partial charge in [0.25, 0.3) is 5.91 Å². The predicted molar refractivity (Wildman–Crippen MR) is 107 cm³/mol. The molecular weight excluding hydrogens is 356 g/mol. The van der Waals surface area contributed by atoms with Gasteiger partial charge in [-0.3, -0.25) is 14.3 Å². The molecule has 3 rings (SSSR count). The van der Waals surface area contributed by atoms with Gasteiger partial charge >= 0.3 is 0 Å². The molecule has 28 heavy (non-hydrogen) atoms. The summed E-state index contributed by atoms with van der Waals surface area (Å²) in [7, 11) is 1.81. The molecule has 0 atom stereocenters. The van der Waals surface area contributed by atoms with Crippen LogP contribution in [0, 0.1) is 13.8 Å². The molecule has 7 heteroatoms. The summed E-state index contributed by atoms with van der Waals surface area (Å²) in [4.78, 5) is 24.6. The van der Waals surface area contributed by atoms with Crippen molar-refractivity contribution < 1.29 is 14.3 Å². The first-order valence-electron chi connectivity index (χ1n) is 8.85. The summed E-state index contributed by atoms with van der Waals surface area (Å²) in [5, 5.41) is 9.66. The van der Waals surface area contributed by atoms with Crippen LogP contribution in [0.15, 0.2) is 54.6 Å². The molecule has 0 aliphatic carbocycles. The number of carbonyl (C=O) groups excluding carboxylic acids is 2. The van der Waals surface area contributed by atoms with Crippen molar-refractivity contribution in [3.63, 3.8) is 0 Å². The van der Waals surface area contributed by atoms with E-state index in [0.717, 1.165) is 11.4 Å². The van der Waals surface area contributed by atoms with Crippen LogP contribution in [-0.2, 0) is 11.8 Å². The van der Waals surface area contributed by atoms with Gasteiger partial charge in [0.05, 0.1) is 23.6 Å². The first kappa shape index (κ1) is 19.2. The van der Waals surface area contributed by atoms with Gasteiger partial charge in [-0.15, -0.1) is 0 Å². The number of hydrogen-bond donors (Lipinski definition) is 2. The number of nitrogens with one attached hydrogen (secondary N) is 2. The molecule has 0 fully saturated rings. The summed E-state index contributed by atoms with van der Waals surface area (Å²) in [5.41, 5.74) is 2.66. The van der Waals surface area contributed by atoms with Crippen molar-refractivity contribution in [1.82, 2.24) is 15.1 Å². The van der Waals surface area contributed by atoms with Crippen molar-refractivity contribution in [2.45, 2.75) is 13.8 Å². The Morgan fingerprint density at radius 3 is 2.43 bits per heavy atom. The highest BCUT2D eigenvalue weighted by Gasteiger charge is 2.14. The van der Waals surface area contributed by atoms with E-state index in [1.807, 2.05) is 51.2 Å². The lowest BCUT2D eigenvalue weighted by Crippen LogP contribution is -2.33. The molecule has 2 N–H and O–H groups in total. The number of carbonyl (C=O) groups is 2. The Bertz CT molecular complexity index is 996. The smallest absolute Gasteiger partial charge is 0.251 e. The molecule has 0 aliphatic heterocycles. The topological polar surface area (TPSA) is 85.3 Å². The molecule has 0 aliphatic rings. The van der Waals surface area contributed by atoms with Crippen LogP contribution in [0.2, 0.25) is 0 Å². The van der Waals surface area contributed by atoms with Gasteiger partial charge < -0.3 is 15.4 Å². The van der Waals surface area contributed by atoms with Gasteiger partial charge in [0.1, 0.15) is 11.5 Å². The zero-order valence-corrected chi connectivity index (χ0v) is 16.0. The summed E-state index contributed by atoms with van der Waals surface area (Å²) < 4.78 is 7.43. The Labute approximate surface area is 163 Å². The normalized spacial score (nSPS) is 10.4. The van der Waals surface area contributed by atoms with E-state index in [2.05, 4.69) is 15.7 Å². The first-order valence-corrected chi connectivity index (χ1v) is 8.85. The third kappa shape index (κ3) is 4.56. The lowest BCUT2D eigenvalue weighted by molar-refractivity contribution is -0.115. The van der Waals surface area contributed by atoms with Gasteiger partial charge in [0, 0.05) is 12.6 Å². The van der Waals surface area contributed by atoms with E-state index in [1.54, 1.807) is 28.9 Å². The summed E-state index contributed by atoms with van der Waals surface area (Å²) in [6.45, 7) is 3.54. The minimum Gasteiger partial charge on any atom is -0.457 e. The second-order valence-electron chi connectivity index (χ2n) is 6.34. The summed E-state index contributed by atoms with van der Waals surface area (Å²) >= 11 is 0. The minimum atomic E-state index is -0.353. The Morgan fingerprint density at radius 2 is 1.75 bits per heavy atom. The molecular formula is C21H22N4O3. The number of ether oxygens (including phenoxy) is 1. The molecule has 2 amide bonds. The molecule has 1 aromatic heterocycles. The van der Waals surface area contributed by atoms with Crippen LogP contribution in [0.4, 0.5) is 5.69 Å². The number of hydrogen-bond acceptors (Lipinski definition) is 4. The molecule has 0 spiro atoms. The van der Waals surface area contributed by atoms with Gasteiger partial charge in [-0.25, -0.2) is 0 Å². The van der Waals surface area contributed by atoms with Gasteiger partial charge in [-0.05, 0) is 44.2 Å². The van der Waals surface area contributed by atoms with E-state index >= 15 is 0 Å². The lowest BCUT2D eigenvalue weighted by atomic mass is 10.2. The maximum atomic E-state index is 12.4. The van der Waals surface area contributed by atoms with Gasteiger partial charge in [-0.1, -0.05) is 24.3 Å². The monoisotopic (exact) mass is 378 g/mol. The van der Waals surface area contributed by atoms with Crippen LogP contribution in [0.1, 0.15) is 21.7 Å². The molecule has 144 valence electrons. The number of rotatable bonds is 6. The molecule has 7 nitrogen and oxygen atoms in total. The molecule has 0 radical (unpaired) electrons. The van der Waals surface area contributed by atoms with Crippen molar-refractivity contribution in [2.75, 3.05) is 11.9 Å². The van der Waals surface area contributed by atoms with E-state index in [-0.39, 0.29) is 18.4 Å². The van der Waals surface area contributed by atoms with Gasteiger partial charge in [0.2, 0.25) is 5.91 Å². The average molecular weight is 378 g/mol. The molecule has 0 saturated carbocycles. The van der Waals surface area contributed by atoms with E-state index in [4.69, 9.17) is 4.74 Å². The fourth-order valence-corrected chi connectivity index (χ4v) is 2.73. The third-order valence-electron chi connectivity index (χ3n) is 4.26. The largest absolute Gasteiger partial charge is 0.457 e. The number of aromatic nitrogens is 2. The summed E-state index contributed by atoms with van der Waals surface area (Å²) in [6, 6.07) is 16.1. The first-order chi connectivity index (χ1) is 13.4. The van der Waals surface area contributed by atoms with Crippen LogP contribution in [0.5, 0.6) is 11.5 Å². The van der Waals surface area contributed by atoms with Crippen molar-refractivity contribution in [2.24, 2.45) is 7.05 Å². The van der Waals surface area contributed by atoms with E-state index in [9.17, 15) is 9.59 Å². The Balaban J connectivity index is 1.59. The molecule has 0 saturated heterocycles. The standard InChI is InChI=1S/C21H22N4O3/c1-14-20(15(2)25(3)24-14)23-19(26)13-22-21(27)16-8-7-11-18(12-16)28-17-9-5-4-6-10-17/h4-12H,13H2,1-3H3,(H,22,27)(H,23,26). The highest BCUT2D eigenvalue weighted by Crippen LogP contribution is 2.22. The van der Waals surface area contributed by atoms with Gasteiger partial charge in [0.15, 0.2) is 0 Å². The Kier molecular flexibility index (Phi) is 5.74. The zero-order valence-electron chi connectivity index (χ0n) is 16.0. The Morgan fingerprint density at radius 1 is 1.04 bits per heavy atom. The SMILES string of the molecule is Cc1nn(C)c(C)c1NC(=O)CNC(=O)c1cccc(Oc2ccccc2)c1. The van der Waals surface area contributed by atoms with Crippen LogP contribution in [0.3, 0.4) is 0 Å². The fraction of sp³-hybridized carbons (Fsp3) is 0.190. The second kappa shape index (κ2) is 8.39. The highest BCUT2D eigenvalue weighted by molar-refractivity contribution is 5.99. The van der Waals surface area contributed by atoms with Gasteiger partial charge in [-0.2, -0.15) is 5.10 Å².